The summed E-state index contributed by atoms with van der Waals surface area (Å²) in [7, 11) is 0. The lowest BCUT2D eigenvalue weighted by molar-refractivity contribution is 0.110. The maximum atomic E-state index is 10.6. The summed E-state index contributed by atoms with van der Waals surface area (Å²) >= 11 is 12.5. The highest BCUT2D eigenvalue weighted by atomic mass is 35.5. The third kappa shape index (κ3) is 7.01. The molecular formula is C19H31Cl2NO. The van der Waals surface area contributed by atoms with Crippen molar-refractivity contribution in [3.05, 3.63) is 33.3 Å². The minimum atomic E-state index is -0.568. The average Bonchev–Trinajstić information content (AvgIpc) is 2.53. The van der Waals surface area contributed by atoms with Gasteiger partial charge in [0.15, 0.2) is 0 Å². The van der Waals surface area contributed by atoms with Crippen molar-refractivity contribution in [2.45, 2.75) is 65.4 Å². The Labute approximate surface area is 151 Å². The maximum absolute atomic E-state index is 10.6. The fraction of sp³-hybridized carbons (Fsp3) is 0.684. The van der Waals surface area contributed by atoms with Gasteiger partial charge in [-0.15, -0.1) is 0 Å². The first-order valence-corrected chi connectivity index (χ1v) is 9.61. The Balaban J connectivity index is 2.70. The molecule has 0 unspecified atom stereocenters. The summed E-state index contributed by atoms with van der Waals surface area (Å²) in [5.41, 5.74) is 1.62. The summed E-state index contributed by atoms with van der Waals surface area (Å²) in [6.45, 7) is 9.03. The van der Waals surface area contributed by atoms with Crippen molar-refractivity contribution in [1.29, 1.82) is 0 Å². The zero-order valence-corrected chi connectivity index (χ0v) is 16.3. The number of aliphatic hydroxyl groups is 1. The molecule has 1 atom stereocenters. The monoisotopic (exact) mass is 359 g/mol. The maximum Gasteiger partial charge on any atom is 0.0931 e. The zero-order chi connectivity index (χ0) is 17.2. The summed E-state index contributed by atoms with van der Waals surface area (Å²) in [6.07, 6.45) is 6.70. The first-order chi connectivity index (χ1) is 11.0. The van der Waals surface area contributed by atoms with Gasteiger partial charge in [-0.1, -0.05) is 68.8 Å². The van der Waals surface area contributed by atoms with Gasteiger partial charge < -0.3 is 10.0 Å². The average molecular weight is 360 g/mol. The number of halogens is 2. The first kappa shape index (κ1) is 20.8. The van der Waals surface area contributed by atoms with Crippen LogP contribution in [0.25, 0.3) is 0 Å². The molecule has 2 nitrogen and oxygen atoms in total. The van der Waals surface area contributed by atoms with Crippen LogP contribution in [0, 0.1) is 6.92 Å². The minimum absolute atomic E-state index is 0.568. The summed E-state index contributed by atoms with van der Waals surface area (Å²) < 4.78 is 0. The van der Waals surface area contributed by atoms with Crippen molar-refractivity contribution >= 4 is 23.2 Å². The molecule has 0 fully saturated rings. The van der Waals surface area contributed by atoms with Gasteiger partial charge in [0.1, 0.15) is 0 Å². The smallest absolute Gasteiger partial charge is 0.0931 e. The van der Waals surface area contributed by atoms with Gasteiger partial charge >= 0.3 is 0 Å². The van der Waals surface area contributed by atoms with E-state index in [0.29, 0.717) is 16.6 Å². The second-order valence-electron chi connectivity index (χ2n) is 6.31. The highest BCUT2D eigenvalue weighted by Gasteiger charge is 2.18. The summed E-state index contributed by atoms with van der Waals surface area (Å²) in [5, 5.41) is 11.9. The van der Waals surface area contributed by atoms with Crippen molar-refractivity contribution in [3.63, 3.8) is 0 Å². The topological polar surface area (TPSA) is 23.5 Å². The largest absolute Gasteiger partial charge is 0.387 e. The highest BCUT2D eigenvalue weighted by molar-refractivity contribution is 6.36. The van der Waals surface area contributed by atoms with E-state index in [4.69, 9.17) is 23.2 Å². The van der Waals surface area contributed by atoms with Gasteiger partial charge in [-0.25, -0.2) is 0 Å². The Morgan fingerprint density at radius 2 is 1.57 bits per heavy atom. The van der Waals surface area contributed by atoms with Gasteiger partial charge in [0.05, 0.1) is 11.1 Å². The van der Waals surface area contributed by atoms with E-state index >= 15 is 0 Å². The lowest BCUT2D eigenvalue weighted by Crippen LogP contribution is -2.31. The fourth-order valence-corrected chi connectivity index (χ4v) is 3.24. The molecule has 0 saturated heterocycles. The predicted molar refractivity (Wildman–Crippen MR) is 102 cm³/mol. The Hall–Kier alpha value is -0.280. The number of aliphatic hydroxyl groups excluding tert-OH is 1. The van der Waals surface area contributed by atoms with E-state index in [9.17, 15) is 5.11 Å². The molecule has 0 aliphatic heterocycles. The second kappa shape index (κ2) is 11.3. The van der Waals surface area contributed by atoms with Crippen molar-refractivity contribution in [3.8, 4) is 0 Å². The van der Waals surface area contributed by atoms with Gasteiger partial charge in [-0.05, 0) is 44.5 Å². The molecule has 23 heavy (non-hydrogen) atoms. The second-order valence-corrected chi connectivity index (χ2v) is 7.09. The Morgan fingerprint density at radius 1 is 1.00 bits per heavy atom. The number of benzene rings is 1. The fourth-order valence-electron chi connectivity index (χ4n) is 2.75. The number of unbranched alkanes of at least 4 members (excludes halogenated alkanes) is 4. The van der Waals surface area contributed by atoms with Crippen molar-refractivity contribution in [2.24, 2.45) is 0 Å². The van der Waals surface area contributed by atoms with Crippen LogP contribution in [0.15, 0.2) is 12.1 Å². The Kier molecular flexibility index (Phi) is 10.2. The molecule has 0 aliphatic carbocycles. The van der Waals surface area contributed by atoms with Gasteiger partial charge in [0.25, 0.3) is 0 Å². The number of nitrogens with zero attached hydrogens (tertiary/aromatic N) is 1. The van der Waals surface area contributed by atoms with E-state index in [1.807, 2.05) is 19.1 Å². The van der Waals surface area contributed by atoms with E-state index in [2.05, 4.69) is 18.7 Å². The molecule has 132 valence electrons. The molecule has 0 saturated carbocycles. The molecule has 4 heteroatoms. The van der Waals surface area contributed by atoms with Gasteiger partial charge in [0.2, 0.25) is 0 Å². The van der Waals surface area contributed by atoms with Crippen LogP contribution in [0.4, 0.5) is 0 Å². The van der Waals surface area contributed by atoms with E-state index < -0.39 is 6.10 Å². The third-order valence-electron chi connectivity index (χ3n) is 4.30. The van der Waals surface area contributed by atoms with E-state index in [1.54, 1.807) is 0 Å². The number of hydrogen-bond acceptors (Lipinski definition) is 2. The molecule has 1 aromatic rings. The molecular weight excluding hydrogens is 329 g/mol. The first-order valence-electron chi connectivity index (χ1n) is 8.86. The summed E-state index contributed by atoms with van der Waals surface area (Å²) in [6, 6.07) is 3.67. The molecule has 0 bridgehead atoms. The van der Waals surface area contributed by atoms with Crippen LogP contribution in [-0.2, 0) is 0 Å². The lowest BCUT2D eigenvalue weighted by atomic mass is 10.1. The van der Waals surface area contributed by atoms with Crippen LogP contribution in [-0.4, -0.2) is 29.6 Å². The van der Waals surface area contributed by atoms with Crippen molar-refractivity contribution < 1.29 is 5.11 Å². The van der Waals surface area contributed by atoms with Crippen LogP contribution in [0.3, 0.4) is 0 Å². The number of hydrogen-bond donors (Lipinski definition) is 1. The summed E-state index contributed by atoms with van der Waals surface area (Å²) in [4.78, 5) is 2.37. The Morgan fingerprint density at radius 3 is 2.09 bits per heavy atom. The molecule has 1 N–H and O–H groups in total. The third-order valence-corrected chi connectivity index (χ3v) is 5.21. The SMILES string of the molecule is CCCCCN(CCCCC)C[C@H](O)c1ccc(Cl)c(C)c1Cl. The van der Waals surface area contributed by atoms with Crippen LogP contribution in [0.5, 0.6) is 0 Å². The normalized spacial score (nSPS) is 12.8. The Bertz CT molecular complexity index is 455. The van der Waals surface area contributed by atoms with Crippen LogP contribution in [0.1, 0.15) is 69.6 Å². The zero-order valence-electron chi connectivity index (χ0n) is 14.7. The molecule has 0 heterocycles. The van der Waals surface area contributed by atoms with Gasteiger partial charge in [0, 0.05) is 17.1 Å². The van der Waals surface area contributed by atoms with Crippen molar-refractivity contribution in [1.82, 2.24) is 4.90 Å². The molecule has 1 rings (SSSR count). The van der Waals surface area contributed by atoms with Crippen LogP contribution < -0.4 is 0 Å². The molecule has 1 aromatic carbocycles. The molecule has 0 aliphatic rings. The molecule has 0 spiro atoms. The molecule has 0 aromatic heterocycles. The van der Waals surface area contributed by atoms with Gasteiger partial charge in [-0.3, -0.25) is 0 Å². The van der Waals surface area contributed by atoms with E-state index in [1.165, 1.54) is 38.5 Å². The van der Waals surface area contributed by atoms with Crippen LogP contribution >= 0.6 is 23.2 Å². The van der Waals surface area contributed by atoms with Gasteiger partial charge in [-0.2, -0.15) is 0 Å². The minimum Gasteiger partial charge on any atom is -0.387 e. The van der Waals surface area contributed by atoms with Crippen molar-refractivity contribution in [2.75, 3.05) is 19.6 Å². The quantitative estimate of drug-likeness (QED) is 0.488. The number of rotatable bonds is 11. The predicted octanol–water partition coefficient (Wildman–Crippen LogP) is 6.02. The molecule has 0 amide bonds. The van der Waals surface area contributed by atoms with E-state index in [-0.39, 0.29) is 0 Å². The van der Waals surface area contributed by atoms with E-state index in [0.717, 1.165) is 24.2 Å². The molecule has 0 radical (unpaired) electrons. The highest BCUT2D eigenvalue weighted by Crippen LogP contribution is 2.31. The summed E-state index contributed by atoms with van der Waals surface area (Å²) in [5.74, 6) is 0. The van der Waals surface area contributed by atoms with Crippen LogP contribution in [0.2, 0.25) is 10.0 Å². The lowest BCUT2D eigenvalue weighted by Gasteiger charge is -2.26. The standard InChI is InChI=1S/C19H31Cl2NO/c1-4-6-8-12-22(13-9-7-5-2)14-18(23)16-10-11-17(20)15(3)19(16)21/h10-11,18,23H,4-9,12-14H2,1-3H3/t18-/m0/s1.